The Bertz CT molecular complexity index is 1310. The number of rotatable bonds is 30. The van der Waals surface area contributed by atoms with Crippen LogP contribution in [0.3, 0.4) is 0 Å². The van der Waals surface area contributed by atoms with E-state index in [1.54, 1.807) is 0 Å². The van der Waals surface area contributed by atoms with E-state index < -0.39 is 18.5 Å². The number of likely N-dealkylation sites (N-methyl/N-ethyl adjacent to an activating group) is 2. The number of hydrogen-bond donors (Lipinski definition) is 4. The number of fused-ring (bicyclic) bond motifs is 1. The van der Waals surface area contributed by atoms with Gasteiger partial charge in [-0.05, 0) is 101 Å². The highest BCUT2D eigenvalue weighted by molar-refractivity contribution is 5.59. The topological polar surface area (TPSA) is 108 Å². The van der Waals surface area contributed by atoms with Crippen LogP contribution in [-0.4, -0.2) is 129 Å². The van der Waals surface area contributed by atoms with Gasteiger partial charge in [-0.25, -0.2) is 0 Å². The molecule has 0 radical (unpaired) electrons. The SMILES string of the molecule is CCN(CCNCCOc1c(C)c(C)c2c(c1C)CC[C@@](C)(CCC[C@H](C)CCC[C@H](C)CCCC(C)C)O2)CCN(CC)CCNCC1OC(OC)[C@@H](O)[C@@H](O)[C@H]1C. The predicted octanol–water partition coefficient (Wildman–Crippen LogP) is 8.07. The fourth-order valence-electron chi connectivity index (χ4n) is 9.18. The number of benzene rings is 1. The molecule has 0 aromatic heterocycles. The van der Waals surface area contributed by atoms with Gasteiger partial charge >= 0.3 is 0 Å². The van der Waals surface area contributed by atoms with Crippen LogP contribution in [0, 0.1) is 44.4 Å². The third-order valence-corrected chi connectivity index (χ3v) is 13.8. The van der Waals surface area contributed by atoms with E-state index >= 15 is 0 Å². The van der Waals surface area contributed by atoms with Crippen molar-refractivity contribution in [2.24, 2.45) is 23.7 Å². The van der Waals surface area contributed by atoms with Gasteiger partial charge in [0.2, 0.25) is 0 Å². The van der Waals surface area contributed by atoms with Crippen LogP contribution in [0.2, 0.25) is 0 Å². The molecular weight excluding hydrogens is 741 g/mol. The summed E-state index contributed by atoms with van der Waals surface area (Å²) in [5, 5.41) is 27.6. The van der Waals surface area contributed by atoms with Gasteiger partial charge < -0.3 is 49.6 Å². The van der Waals surface area contributed by atoms with Crippen molar-refractivity contribution < 1.29 is 29.2 Å². The predicted molar refractivity (Wildman–Crippen MR) is 245 cm³/mol. The molecule has 2 unspecified atom stereocenters. The summed E-state index contributed by atoms with van der Waals surface area (Å²) in [5.41, 5.74) is 4.94. The van der Waals surface area contributed by atoms with E-state index in [0.29, 0.717) is 13.2 Å². The lowest BCUT2D eigenvalue weighted by Crippen LogP contribution is -2.56. The molecule has 2 heterocycles. The Morgan fingerprint density at radius 3 is 1.97 bits per heavy atom. The zero-order chi connectivity index (χ0) is 43.5. The monoisotopic (exact) mass is 833 g/mol. The molecule has 8 atom stereocenters. The fourth-order valence-corrected chi connectivity index (χ4v) is 9.18. The molecule has 4 N–H and O–H groups in total. The van der Waals surface area contributed by atoms with Gasteiger partial charge in [-0.15, -0.1) is 0 Å². The standard InChI is InChI=1S/C49H92N4O6/c1-13-52(31-32-53(14-2)30-27-51-34-43-41(10)44(54)45(55)48(56-12)58-43)29-26-50-28-33-57-46-38(7)39(8)47-42(40(46)9)23-25-49(11,59-47)24-17-22-37(6)21-16-20-36(5)19-15-18-35(3)4/h35-37,41,43-45,48,50-51,54-55H,13-34H2,1-12H3/t36-,37-,41+,43?,44+,45+,48?,49-/m1/s1. The molecule has 0 saturated carbocycles. The van der Waals surface area contributed by atoms with Gasteiger partial charge in [0.15, 0.2) is 6.29 Å². The minimum Gasteiger partial charge on any atom is -0.492 e. The van der Waals surface area contributed by atoms with Gasteiger partial charge in [0.1, 0.15) is 29.8 Å². The lowest BCUT2D eigenvalue weighted by molar-refractivity contribution is -0.274. The van der Waals surface area contributed by atoms with Crippen LogP contribution in [0.15, 0.2) is 0 Å². The molecule has 0 bridgehead atoms. The second-order valence-electron chi connectivity index (χ2n) is 19.2. The first-order chi connectivity index (χ1) is 28.1. The van der Waals surface area contributed by atoms with Crippen molar-refractivity contribution in [1.82, 2.24) is 20.4 Å². The third-order valence-electron chi connectivity index (χ3n) is 13.8. The van der Waals surface area contributed by atoms with Crippen molar-refractivity contribution >= 4 is 0 Å². The molecule has 1 aromatic rings. The summed E-state index contributed by atoms with van der Waals surface area (Å²) in [4.78, 5) is 4.97. The van der Waals surface area contributed by atoms with E-state index in [0.717, 1.165) is 107 Å². The number of aliphatic hydroxyl groups is 2. The molecule has 0 amide bonds. The Hall–Kier alpha value is -1.50. The van der Waals surface area contributed by atoms with Crippen LogP contribution >= 0.6 is 0 Å². The summed E-state index contributed by atoms with van der Waals surface area (Å²) in [6, 6.07) is 0. The molecule has 1 aromatic carbocycles. The highest BCUT2D eigenvalue weighted by Crippen LogP contribution is 2.45. The molecule has 344 valence electrons. The van der Waals surface area contributed by atoms with Gasteiger partial charge in [0.25, 0.3) is 0 Å². The molecule has 10 nitrogen and oxygen atoms in total. The molecule has 3 rings (SSSR count). The maximum absolute atomic E-state index is 10.4. The molecule has 0 aliphatic carbocycles. The Morgan fingerprint density at radius 1 is 0.780 bits per heavy atom. The van der Waals surface area contributed by atoms with Gasteiger partial charge in [-0.1, -0.05) is 93.4 Å². The first-order valence-corrected chi connectivity index (χ1v) is 24.0. The quantitative estimate of drug-likeness (QED) is 0.0569. The normalized spacial score (nSPS) is 24.5. The number of ether oxygens (including phenoxy) is 4. The minimum atomic E-state index is -1.02. The van der Waals surface area contributed by atoms with Crippen molar-refractivity contribution in [1.29, 1.82) is 0 Å². The van der Waals surface area contributed by atoms with Crippen LogP contribution in [0.1, 0.15) is 142 Å². The molecule has 1 saturated heterocycles. The van der Waals surface area contributed by atoms with E-state index in [9.17, 15) is 10.2 Å². The van der Waals surface area contributed by atoms with Crippen LogP contribution in [-0.2, 0) is 15.9 Å². The van der Waals surface area contributed by atoms with E-state index in [-0.39, 0.29) is 17.6 Å². The van der Waals surface area contributed by atoms with Crippen molar-refractivity contribution in [2.75, 3.05) is 79.2 Å². The largest absolute Gasteiger partial charge is 0.492 e. The minimum absolute atomic E-state index is 0.0946. The average molecular weight is 833 g/mol. The van der Waals surface area contributed by atoms with E-state index in [1.165, 1.54) is 80.7 Å². The molecule has 2 aliphatic rings. The van der Waals surface area contributed by atoms with Crippen molar-refractivity contribution in [3.05, 3.63) is 22.3 Å². The lowest BCUT2D eigenvalue weighted by atomic mass is 9.83. The maximum atomic E-state index is 10.4. The molecule has 10 heteroatoms. The van der Waals surface area contributed by atoms with Gasteiger partial charge in [-0.3, -0.25) is 0 Å². The van der Waals surface area contributed by atoms with Gasteiger partial charge in [0.05, 0.1) is 12.2 Å². The Balaban J connectivity index is 1.33. The summed E-state index contributed by atoms with van der Waals surface area (Å²) >= 11 is 0. The number of nitrogens with zero attached hydrogens (tertiary/aromatic N) is 2. The van der Waals surface area contributed by atoms with Gasteiger partial charge in [-0.2, -0.15) is 0 Å². The molecule has 1 fully saturated rings. The number of nitrogens with one attached hydrogen (secondary N) is 2. The van der Waals surface area contributed by atoms with Crippen LogP contribution in [0.25, 0.3) is 0 Å². The molecule has 0 spiro atoms. The van der Waals surface area contributed by atoms with Crippen LogP contribution < -0.4 is 20.1 Å². The van der Waals surface area contributed by atoms with Crippen molar-refractivity contribution in [2.45, 2.75) is 177 Å². The second-order valence-corrected chi connectivity index (χ2v) is 19.2. The second kappa shape index (κ2) is 26.9. The Kier molecular flexibility index (Phi) is 23.6. The smallest absolute Gasteiger partial charge is 0.186 e. The molecular formula is C49H92N4O6. The third kappa shape index (κ3) is 17.0. The summed E-state index contributed by atoms with van der Waals surface area (Å²) in [7, 11) is 1.49. The average Bonchev–Trinajstić information content (AvgIpc) is 3.20. The number of aliphatic hydroxyl groups excluding tert-OH is 2. The first-order valence-electron chi connectivity index (χ1n) is 24.0. The summed E-state index contributed by atoms with van der Waals surface area (Å²) in [5.74, 6) is 4.47. The summed E-state index contributed by atoms with van der Waals surface area (Å²) in [6.07, 6.45) is 11.2. The zero-order valence-electron chi connectivity index (χ0n) is 40.1. The highest BCUT2D eigenvalue weighted by atomic mass is 16.7. The first kappa shape index (κ1) is 51.8. The highest BCUT2D eigenvalue weighted by Gasteiger charge is 2.42. The van der Waals surface area contributed by atoms with Gasteiger partial charge in [0, 0.05) is 70.9 Å². The van der Waals surface area contributed by atoms with E-state index in [4.69, 9.17) is 18.9 Å². The summed E-state index contributed by atoms with van der Waals surface area (Å²) < 4.78 is 24.5. The van der Waals surface area contributed by atoms with Crippen LogP contribution in [0.4, 0.5) is 0 Å². The summed E-state index contributed by atoms with van der Waals surface area (Å²) in [6.45, 7) is 34.7. The van der Waals surface area contributed by atoms with E-state index in [2.05, 4.69) is 89.7 Å². The van der Waals surface area contributed by atoms with Crippen molar-refractivity contribution in [3.63, 3.8) is 0 Å². The fraction of sp³-hybridized carbons (Fsp3) is 0.878. The van der Waals surface area contributed by atoms with E-state index in [1.807, 2.05) is 6.92 Å². The van der Waals surface area contributed by atoms with Crippen molar-refractivity contribution in [3.8, 4) is 11.5 Å². The number of hydrogen-bond acceptors (Lipinski definition) is 10. The Labute approximate surface area is 362 Å². The number of methoxy groups -OCH3 is 1. The molecule has 2 aliphatic heterocycles. The van der Waals surface area contributed by atoms with Crippen LogP contribution in [0.5, 0.6) is 11.5 Å². The molecule has 59 heavy (non-hydrogen) atoms. The zero-order valence-corrected chi connectivity index (χ0v) is 40.1. The lowest BCUT2D eigenvalue weighted by Gasteiger charge is -2.41. The maximum Gasteiger partial charge on any atom is 0.186 e. The Morgan fingerprint density at radius 2 is 1.37 bits per heavy atom.